The number of fused-ring (bicyclic) bond motifs is 1. The molecule has 0 radical (unpaired) electrons. The van der Waals surface area contributed by atoms with Crippen LogP contribution < -0.4 is 0 Å². The van der Waals surface area contributed by atoms with E-state index in [4.69, 9.17) is 4.84 Å². The second kappa shape index (κ2) is 5.60. The molecule has 8 nitrogen and oxygen atoms in total. The standard InChI is InChI=1S/C13H10N4O4S/c1-7-14-13(16-15-7)22-6-10(18)21-17-11(19)8-4-2-3-5-9(8)12(17)20/h2-5H,6H2,1H3,(H,14,15,16). The van der Waals surface area contributed by atoms with Gasteiger partial charge in [-0.05, 0) is 19.1 Å². The fraction of sp³-hybridized carbons (Fsp3) is 0.154. The van der Waals surface area contributed by atoms with Crippen LogP contribution in [0.3, 0.4) is 0 Å². The zero-order valence-electron chi connectivity index (χ0n) is 11.4. The number of carbonyl (C=O) groups excluding carboxylic acids is 3. The van der Waals surface area contributed by atoms with Crippen molar-refractivity contribution in [2.75, 3.05) is 5.75 Å². The number of hydroxylamine groups is 2. The number of thioether (sulfide) groups is 1. The van der Waals surface area contributed by atoms with E-state index in [0.717, 1.165) is 11.8 Å². The Morgan fingerprint density at radius 3 is 2.45 bits per heavy atom. The molecule has 1 aromatic heterocycles. The minimum Gasteiger partial charge on any atom is -0.329 e. The number of hydrogen-bond acceptors (Lipinski definition) is 7. The molecule has 0 unspecified atom stereocenters. The lowest BCUT2D eigenvalue weighted by Gasteiger charge is -2.11. The molecule has 0 aliphatic carbocycles. The summed E-state index contributed by atoms with van der Waals surface area (Å²) in [5, 5.41) is 7.36. The topological polar surface area (TPSA) is 105 Å². The van der Waals surface area contributed by atoms with E-state index in [2.05, 4.69) is 15.2 Å². The molecule has 0 fully saturated rings. The molecule has 3 rings (SSSR count). The van der Waals surface area contributed by atoms with Crippen molar-refractivity contribution in [2.45, 2.75) is 12.1 Å². The number of carbonyl (C=O) groups is 3. The van der Waals surface area contributed by atoms with E-state index in [-0.39, 0.29) is 16.9 Å². The molecular formula is C13H10N4O4S. The second-order valence-electron chi connectivity index (χ2n) is 4.41. The van der Waals surface area contributed by atoms with Gasteiger partial charge in [-0.25, -0.2) is 9.78 Å². The number of nitrogens with one attached hydrogen (secondary N) is 1. The highest BCUT2D eigenvalue weighted by atomic mass is 32.2. The summed E-state index contributed by atoms with van der Waals surface area (Å²) in [7, 11) is 0. The Morgan fingerprint density at radius 1 is 1.27 bits per heavy atom. The van der Waals surface area contributed by atoms with E-state index in [1.165, 1.54) is 12.1 Å². The van der Waals surface area contributed by atoms with E-state index in [1.54, 1.807) is 19.1 Å². The maximum Gasteiger partial charge on any atom is 0.343 e. The van der Waals surface area contributed by atoms with Crippen LogP contribution in [-0.2, 0) is 9.63 Å². The summed E-state index contributed by atoms with van der Waals surface area (Å²) >= 11 is 1.04. The van der Waals surface area contributed by atoms with E-state index >= 15 is 0 Å². The van der Waals surface area contributed by atoms with Crippen molar-refractivity contribution in [1.82, 2.24) is 20.2 Å². The second-order valence-corrected chi connectivity index (χ2v) is 5.35. The average molecular weight is 318 g/mol. The van der Waals surface area contributed by atoms with E-state index in [9.17, 15) is 14.4 Å². The number of nitrogens with zero attached hydrogens (tertiary/aromatic N) is 3. The van der Waals surface area contributed by atoms with Gasteiger partial charge in [0.2, 0.25) is 5.16 Å². The Hall–Kier alpha value is -2.68. The number of amides is 2. The summed E-state index contributed by atoms with van der Waals surface area (Å²) in [5.41, 5.74) is 0.440. The molecule has 0 bridgehead atoms. The zero-order chi connectivity index (χ0) is 15.7. The van der Waals surface area contributed by atoms with Crippen LogP contribution in [0.2, 0.25) is 0 Å². The first-order valence-electron chi connectivity index (χ1n) is 6.26. The molecule has 112 valence electrons. The Kier molecular flexibility index (Phi) is 3.63. The number of imide groups is 1. The van der Waals surface area contributed by atoms with Crippen molar-refractivity contribution < 1.29 is 19.2 Å². The summed E-state index contributed by atoms with van der Waals surface area (Å²) in [6, 6.07) is 6.29. The summed E-state index contributed by atoms with van der Waals surface area (Å²) in [4.78, 5) is 44.7. The first-order valence-corrected chi connectivity index (χ1v) is 7.25. The monoisotopic (exact) mass is 318 g/mol. The zero-order valence-corrected chi connectivity index (χ0v) is 12.2. The number of aryl methyl sites for hydroxylation is 1. The highest BCUT2D eigenvalue weighted by Crippen LogP contribution is 2.23. The smallest absolute Gasteiger partial charge is 0.329 e. The Morgan fingerprint density at radius 2 is 1.91 bits per heavy atom. The molecule has 2 heterocycles. The van der Waals surface area contributed by atoms with Gasteiger partial charge in [-0.3, -0.25) is 14.7 Å². The van der Waals surface area contributed by atoms with Gasteiger partial charge in [-0.1, -0.05) is 29.0 Å². The number of aromatic nitrogens is 3. The molecule has 0 spiro atoms. The number of rotatable bonds is 4. The first-order chi connectivity index (χ1) is 10.6. The number of hydrogen-bond donors (Lipinski definition) is 1. The van der Waals surface area contributed by atoms with Crippen LogP contribution in [0, 0.1) is 6.92 Å². The molecule has 2 aromatic rings. The molecule has 0 atom stereocenters. The fourth-order valence-corrected chi connectivity index (χ4v) is 2.50. The van der Waals surface area contributed by atoms with E-state index < -0.39 is 17.8 Å². The number of H-pyrrole nitrogens is 1. The molecule has 0 saturated heterocycles. The molecule has 2 amide bonds. The van der Waals surface area contributed by atoms with Crippen LogP contribution in [0.25, 0.3) is 0 Å². The quantitative estimate of drug-likeness (QED) is 0.661. The molecule has 1 aromatic carbocycles. The van der Waals surface area contributed by atoms with Gasteiger partial charge >= 0.3 is 5.97 Å². The highest BCUT2D eigenvalue weighted by molar-refractivity contribution is 7.99. The van der Waals surface area contributed by atoms with E-state index in [1.807, 2.05) is 0 Å². The normalized spacial score (nSPS) is 13.4. The van der Waals surface area contributed by atoms with Crippen LogP contribution in [0.4, 0.5) is 0 Å². The van der Waals surface area contributed by atoms with Crippen LogP contribution in [-0.4, -0.2) is 43.8 Å². The minimum atomic E-state index is -0.734. The lowest BCUT2D eigenvalue weighted by molar-refractivity contribution is -0.165. The Balaban J connectivity index is 1.63. The molecule has 9 heteroatoms. The van der Waals surface area contributed by atoms with Gasteiger partial charge in [0.05, 0.1) is 11.1 Å². The molecular weight excluding hydrogens is 308 g/mol. The van der Waals surface area contributed by atoms with Gasteiger partial charge in [0.25, 0.3) is 11.8 Å². The van der Waals surface area contributed by atoms with Crippen LogP contribution in [0.5, 0.6) is 0 Å². The lowest BCUT2D eigenvalue weighted by atomic mass is 10.1. The first kappa shape index (κ1) is 14.3. The van der Waals surface area contributed by atoms with Gasteiger partial charge in [-0.2, -0.15) is 0 Å². The molecule has 0 saturated carbocycles. The van der Waals surface area contributed by atoms with Crippen LogP contribution in [0.1, 0.15) is 26.5 Å². The third-order valence-electron chi connectivity index (χ3n) is 2.85. The molecule has 1 aliphatic heterocycles. The predicted octanol–water partition coefficient (Wildman–Crippen LogP) is 0.960. The van der Waals surface area contributed by atoms with Crippen molar-refractivity contribution >= 4 is 29.5 Å². The summed E-state index contributed by atoms with van der Waals surface area (Å²) in [6.07, 6.45) is 0. The molecule has 22 heavy (non-hydrogen) atoms. The van der Waals surface area contributed by atoms with Gasteiger partial charge in [0.1, 0.15) is 11.6 Å². The summed E-state index contributed by atoms with van der Waals surface area (Å²) in [5.74, 6) is -1.52. The predicted molar refractivity (Wildman–Crippen MR) is 74.9 cm³/mol. The van der Waals surface area contributed by atoms with Crippen LogP contribution in [0.15, 0.2) is 29.4 Å². The van der Waals surface area contributed by atoms with Crippen molar-refractivity contribution in [3.8, 4) is 0 Å². The number of benzene rings is 1. The summed E-state index contributed by atoms with van der Waals surface area (Å²) in [6.45, 7) is 1.73. The van der Waals surface area contributed by atoms with Crippen molar-refractivity contribution in [1.29, 1.82) is 0 Å². The third-order valence-corrected chi connectivity index (χ3v) is 3.67. The maximum atomic E-state index is 12.0. The third kappa shape index (κ3) is 2.58. The molecule has 1 N–H and O–H groups in total. The number of aromatic amines is 1. The lowest BCUT2D eigenvalue weighted by Crippen LogP contribution is -2.33. The maximum absolute atomic E-state index is 12.0. The van der Waals surface area contributed by atoms with Crippen molar-refractivity contribution in [3.05, 3.63) is 41.2 Å². The minimum absolute atomic E-state index is 0.120. The average Bonchev–Trinajstić information content (AvgIpc) is 3.03. The van der Waals surface area contributed by atoms with Gasteiger partial charge in [0, 0.05) is 0 Å². The van der Waals surface area contributed by atoms with Gasteiger partial charge in [-0.15, -0.1) is 5.10 Å². The molecule has 1 aliphatic rings. The van der Waals surface area contributed by atoms with Crippen molar-refractivity contribution in [3.63, 3.8) is 0 Å². The Labute approximate surface area is 128 Å². The van der Waals surface area contributed by atoms with E-state index in [0.29, 0.717) is 16.0 Å². The van der Waals surface area contributed by atoms with Gasteiger partial charge < -0.3 is 4.84 Å². The fourth-order valence-electron chi connectivity index (χ4n) is 1.89. The largest absolute Gasteiger partial charge is 0.343 e. The van der Waals surface area contributed by atoms with Crippen LogP contribution >= 0.6 is 11.8 Å². The van der Waals surface area contributed by atoms with Crippen molar-refractivity contribution in [2.24, 2.45) is 0 Å². The Bertz CT molecular complexity index is 738. The highest BCUT2D eigenvalue weighted by Gasteiger charge is 2.38. The van der Waals surface area contributed by atoms with Gasteiger partial charge in [0.15, 0.2) is 0 Å². The summed E-state index contributed by atoms with van der Waals surface area (Å²) < 4.78 is 0. The SMILES string of the molecule is Cc1nc(SCC(=O)ON2C(=O)c3ccccc3C2=O)n[nH]1.